The molecule has 0 radical (unpaired) electrons. The highest BCUT2D eigenvalue weighted by atomic mass is 79.9. The number of aromatic nitrogens is 1. The number of hydrogen-bond donors (Lipinski definition) is 2. The first-order chi connectivity index (χ1) is 9.63. The highest BCUT2D eigenvalue weighted by Crippen LogP contribution is 2.24. The van der Waals surface area contributed by atoms with Crippen LogP contribution in [-0.2, 0) is 0 Å². The third-order valence-corrected chi connectivity index (χ3v) is 3.18. The van der Waals surface area contributed by atoms with Gasteiger partial charge in [-0.05, 0) is 34.1 Å². The number of rotatable bonds is 4. The van der Waals surface area contributed by atoms with Crippen LogP contribution in [0.3, 0.4) is 0 Å². The average Bonchev–Trinajstić information content (AvgIpc) is 2.45. The Morgan fingerprint density at radius 1 is 1.35 bits per heavy atom. The predicted molar refractivity (Wildman–Crippen MR) is 81.6 cm³/mol. The Morgan fingerprint density at radius 3 is 2.75 bits per heavy atom. The molecule has 3 N–H and O–H groups in total. The molecule has 2 aromatic rings. The molecule has 0 spiro atoms. The van der Waals surface area contributed by atoms with E-state index in [4.69, 9.17) is 5.73 Å². The van der Waals surface area contributed by atoms with Crippen LogP contribution < -0.4 is 10.6 Å². The van der Waals surface area contributed by atoms with Gasteiger partial charge in [0, 0.05) is 23.4 Å². The van der Waals surface area contributed by atoms with Crippen LogP contribution in [0.4, 0.5) is 11.4 Å². The third kappa shape index (κ3) is 3.15. The van der Waals surface area contributed by atoms with Gasteiger partial charge in [-0.2, -0.15) is 0 Å². The highest BCUT2D eigenvalue weighted by molar-refractivity contribution is 9.10. The number of nitrogens with two attached hydrogens (primary N) is 1. The van der Waals surface area contributed by atoms with Crippen molar-refractivity contribution in [1.82, 2.24) is 4.98 Å². The summed E-state index contributed by atoms with van der Waals surface area (Å²) in [5, 5.41) is 9.18. The number of para-hydroxylation sites is 2. The van der Waals surface area contributed by atoms with Gasteiger partial charge in [-0.25, -0.2) is 0 Å². The van der Waals surface area contributed by atoms with Crippen molar-refractivity contribution in [3.63, 3.8) is 0 Å². The molecular formula is C14H14BrN3O2. The van der Waals surface area contributed by atoms with Crippen LogP contribution in [0.25, 0.3) is 0 Å². The fourth-order valence-electron chi connectivity index (χ4n) is 1.85. The maximum Gasteiger partial charge on any atom is 0.260 e. The van der Waals surface area contributed by atoms with Crippen LogP contribution in [-0.4, -0.2) is 29.1 Å². The van der Waals surface area contributed by atoms with Gasteiger partial charge in [0.1, 0.15) is 0 Å². The quantitative estimate of drug-likeness (QED) is 0.838. The van der Waals surface area contributed by atoms with E-state index in [1.807, 2.05) is 0 Å². The molecule has 0 atom stereocenters. The zero-order valence-electron chi connectivity index (χ0n) is 10.7. The number of anilines is 2. The molecule has 0 unspecified atom stereocenters. The van der Waals surface area contributed by atoms with E-state index in [-0.39, 0.29) is 19.1 Å². The molecule has 6 heteroatoms. The van der Waals surface area contributed by atoms with Crippen molar-refractivity contribution in [3.05, 3.63) is 52.8 Å². The summed E-state index contributed by atoms with van der Waals surface area (Å²) in [5.41, 5.74) is 7.38. The number of hydrogen-bond acceptors (Lipinski definition) is 4. The first-order valence-corrected chi connectivity index (χ1v) is 6.80. The first-order valence-electron chi connectivity index (χ1n) is 6.01. The van der Waals surface area contributed by atoms with E-state index >= 15 is 0 Å². The summed E-state index contributed by atoms with van der Waals surface area (Å²) >= 11 is 3.28. The fraction of sp³-hybridized carbons (Fsp3) is 0.143. The second-order valence-corrected chi connectivity index (χ2v) is 5.05. The molecule has 0 bridgehead atoms. The lowest BCUT2D eigenvalue weighted by molar-refractivity contribution is 0.0980. The van der Waals surface area contributed by atoms with Gasteiger partial charge in [0.15, 0.2) is 0 Å². The maximum absolute atomic E-state index is 12.5. The molecule has 0 aliphatic rings. The predicted octanol–water partition coefficient (Wildman–Crippen LogP) is 2.07. The van der Waals surface area contributed by atoms with Gasteiger partial charge in [-0.1, -0.05) is 12.1 Å². The largest absolute Gasteiger partial charge is 0.397 e. The molecule has 0 saturated carbocycles. The zero-order chi connectivity index (χ0) is 14.5. The first kappa shape index (κ1) is 14.5. The molecule has 0 aliphatic heterocycles. The number of aliphatic hydroxyl groups is 1. The summed E-state index contributed by atoms with van der Waals surface area (Å²) in [6.45, 7) is 0.0149. The molecule has 5 nitrogen and oxygen atoms in total. The number of nitrogens with zero attached hydrogens (tertiary/aromatic N) is 2. The monoisotopic (exact) mass is 335 g/mol. The van der Waals surface area contributed by atoms with Crippen molar-refractivity contribution < 1.29 is 9.90 Å². The Hall–Kier alpha value is -1.92. The minimum Gasteiger partial charge on any atom is -0.397 e. The van der Waals surface area contributed by atoms with Crippen LogP contribution in [0, 0.1) is 0 Å². The molecule has 104 valence electrons. The Balaban J connectivity index is 2.39. The van der Waals surface area contributed by atoms with Gasteiger partial charge in [-0.3, -0.25) is 9.78 Å². The van der Waals surface area contributed by atoms with Crippen LogP contribution >= 0.6 is 15.9 Å². The van der Waals surface area contributed by atoms with Crippen molar-refractivity contribution in [3.8, 4) is 0 Å². The van der Waals surface area contributed by atoms with E-state index in [2.05, 4.69) is 20.9 Å². The van der Waals surface area contributed by atoms with Crippen molar-refractivity contribution in [1.29, 1.82) is 0 Å². The normalized spacial score (nSPS) is 10.3. The van der Waals surface area contributed by atoms with E-state index in [9.17, 15) is 9.90 Å². The topological polar surface area (TPSA) is 79.5 Å². The number of carbonyl (C=O) groups excluding carboxylic acids is 1. The van der Waals surface area contributed by atoms with E-state index in [1.54, 1.807) is 36.5 Å². The van der Waals surface area contributed by atoms with E-state index < -0.39 is 0 Å². The minimum absolute atomic E-state index is 0.151. The van der Waals surface area contributed by atoms with Gasteiger partial charge in [0.2, 0.25) is 0 Å². The van der Waals surface area contributed by atoms with Crippen molar-refractivity contribution in [2.24, 2.45) is 0 Å². The number of pyridine rings is 1. The zero-order valence-corrected chi connectivity index (χ0v) is 12.2. The Morgan fingerprint density at radius 2 is 2.10 bits per heavy atom. The summed E-state index contributed by atoms with van der Waals surface area (Å²) in [4.78, 5) is 18.0. The molecule has 0 fully saturated rings. The number of aliphatic hydroxyl groups excluding tert-OH is 1. The summed E-state index contributed by atoms with van der Waals surface area (Å²) in [7, 11) is 0. The maximum atomic E-state index is 12.5. The summed E-state index contributed by atoms with van der Waals surface area (Å²) < 4.78 is 0.716. The number of nitrogen functional groups attached to an aromatic ring is 1. The van der Waals surface area contributed by atoms with E-state index in [0.29, 0.717) is 21.4 Å². The van der Waals surface area contributed by atoms with Crippen molar-refractivity contribution >= 4 is 33.2 Å². The average molecular weight is 336 g/mol. The van der Waals surface area contributed by atoms with Gasteiger partial charge in [0.25, 0.3) is 5.91 Å². The van der Waals surface area contributed by atoms with Crippen LogP contribution in [0.15, 0.2) is 47.2 Å². The number of carbonyl (C=O) groups is 1. The van der Waals surface area contributed by atoms with Crippen molar-refractivity contribution in [2.45, 2.75) is 0 Å². The number of benzene rings is 1. The van der Waals surface area contributed by atoms with Crippen LogP contribution in [0.2, 0.25) is 0 Å². The SMILES string of the molecule is Nc1ccccc1N(CCO)C(=O)c1cncc(Br)c1. The summed E-state index contributed by atoms with van der Waals surface area (Å²) in [6.07, 6.45) is 3.08. The van der Waals surface area contributed by atoms with Gasteiger partial charge in [-0.15, -0.1) is 0 Å². The molecule has 2 rings (SSSR count). The molecule has 0 saturated heterocycles. The fourth-order valence-corrected chi connectivity index (χ4v) is 2.21. The molecule has 20 heavy (non-hydrogen) atoms. The van der Waals surface area contributed by atoms with Gasteiger partial charge in [0.05, 0.1) is 23.5 Å². The smallest absolute Gasteiger partial charge is 0.260 e. The van der Waals surface area contributed by atoms with E-state index in [0.717, 1.165) is 0 Å². The Kier molecular flexibility index (Phi) is 4.70. The second-order valence-electron chi connectivity index (χ2n) is 4.13. The molecule has 1 amide bonds. The lowest BCUT2D eigenvalue weighted by atomic mass is 10.2. The minimum atomic E-state index is -0.259. The van der Waals surface area contributed by atoms with Crippen molar-refractivity contribution in [2.75, 3.05) is 23.8 Å². The molecule has 1 heterocycles. The second kappa shape index (κ2) is 6.49. The molecular weight excluding hydrogens is 322 g/mol. The van der Waals surface area contributed by atoms with Gasteiger partial charge >= 0.3 is 0 Å². The van der Waals surface area contributed by atoms with E-state index in [1.165, 1.54) is 11.1 Å². The molecule has 1 aromatic carbocycles. The summed E-state index contributed by atoms with van der Waals surface area (Å²) in [5.74, 6) is -0.259. The van der Waals surface area contributed by atoms with Crippen LogP contribution in [0.1, 0.15) is 10.4 Å². The molecule has 1 aromatic heterocycles. The lowest BCUT2D eigenvalue weighted by Gasteiger charge is -2.23. The number of amides is 1. The standard InChI is InChI=1S/C14H14BrN3O2/c15-11-7-10(8-17-9-11)14(20)18(5-6-19)13-4-2-1-3-12(13)16/h1-4,7-9,19H,5-6,16H2. The highest BCUT2D eigenvalue weighted by Gasteiger charge is 2.19. The molecule has 0 aliphatic carbocycles. The number of halogens is 1. The Labute approximate surface area is 125 Å². The Bertz CT molecular complexity index is 619. The van der Waals surface area contributed by atoms with Crippen LogP contribution in [0.5, 0.6) is 0 Å². The third-order valence-electron chi connectivity index (χ3n) is 2.75. The summed E-state index contributed by atoms with van der Waals surface area (Å²) in [6, 6.07) is 8.73. The lowest BCUT2D eigenvalue weighted by Crippen LogP contribution is -2.34. The van der Waals surface area contributed by atoms with Gasteiger partial charge < -0.3 is 15.7 Å².